The fourth-order valence-electron chi connectivity index (χ4n) is 2.51. The van der Waals surface area contributed by atoms with Gasteiger partial charge in [0, 0.05) is 19.5 Å². The van der Waals surface area contributed by atoms with Crippen LogP contribution < -0.4 is 5.32 Å². The number of hydrogen-bond acceptors (Lipinski definition) is 3. The quantitative estimate of drug-likeness (QED) is 0.930. The fourth-order valence-corrected chi connectivity index (χ4v) is 2.51. The summed E-state index contributed by atoms with van der Waals surface area (Å²) in [6, 6.07) is 6.32. The van der Waals surface area contributed by atoms with Crippen LogP contribution in [-0.4, -0.2) is 29.3 Å². The van der Waals surface area contributed by atoms with E-state index in [0.29, 0.717) is 12.5 Å². The van der Waals surface area contributed by atoms with Crippen LogP contribution in [0.3, 0.4) is 0 Å². The van der Waals surface area contributed by atoms with Crippen LogP contribution in [0.15, 0.2) is 18.2 Å². The molecular weight excluding hydrogens is 254 g/mol. The Morgan fingerprint density at radius 3 is 3.00 bits per heavy atom. The second-order valence-corrected chi connectivity index (χ2v) is 5.29. The Bertz CT molecular complexity index is 644. The van der Waals surface area contributed by atoms with Crippen LogP contribution >= 0.6 is 0 Å². The molecule has 5 heteroatoms. The summed E-state index contributed by atoms with van der Waals surface area (Å²) in [5.41, 5.74) is 3.40. The lowest BCUT2D eigenvalue weighted by Gasteiger charge is -2.04. The molecule has 0 aliphatic heterocycles. The lowest BCUT2D eigenvalue weighted by Crippen LogP contribution is -2.25. The number of alkyl carbamates (subject to hydrolysis) is 1. The predicted molar refractivity (Wildman–Crippen MR) is 76.8 cm³/mol. The lowest BCUT2D eigenvalue weighted by molar-refractivity contribution is 0.171. The van der Waals surface area contributed by atoms with Crippen molar-refractivity contribution >= 4 is 17.1 Å². The van der Waals surface area contributed by atoms with Gasteiger partial charge in [-0.3, -0.25) is 0 Å². The average Bonchev–Trinajstić information content (AvgIpc) is 3.24. The molecular formula is C15H19N3O2. The molecule has 0 unspecified atom stereocenters. The summed E-state index contributed by atoms with van der Waals surface area (Å²) in [5, 5.41) is 2.69. The molecule has 1 aromatic heterocycles. The van der Waals surface area contributed by atoms with Gasteiger partial charge in [-0.1, -0.05) is 6.07 Å². The van der Waals surface area contributed by atoms with E-state index in [-0.39, 0.29) is 6.09 Å². The molecule has 5 nitrogen and oxygen atoms in total. The van der Waals surface area contributed by atoms with E-state index in [9.17, 15) is 4.79 Å². The molecule has 0 saturated heterocycles. The zero-order valence-electron chi connectivity index (χ0n) is 11.8. The van der Waals surface area contributed by atoms with Gasteiger partial charge in [0.1, 0.15) is 5.82 Å². The molecule has 1 saturated carbocycles. The molecule has 0 bridgehead atoms. The molecule has 0 radical (unpaired) electrons. The van der Waals surface area contributed by atoms with Crippen molar-refractivity contribution in [3.05, 3.63) is 29.6 Å². The van der Waals surface area contributed by atoms with Gasteiger partial charge in [-0.2, -0.15) is 0 Å². The van der Waals surface area contributed by atoms with Crippen LogP contribution in [0.1, 0.15) is 30.1 Å². The van der Waals surface area contributed by atoms with E-state index >= 15 is 0 Å². The number of amides is 1. The number of nitrogens with zero attached hydrogens (tertiary/aromatic N) is 2. The number of rotatable bonds is 4. The summed E-state index contributed by atoms with van der Waals surface area (Å²) in [6.07, 6.45) is 2.90. The van der Waals surface area contributed by atoms with Crippen LogP contribution in [-0.2, 0) is 18.2 Å². The molecule has 1 aromatic carbocycles. The number of benzene rings is 1. The number of methoxy groups -OCH3 is 1. The molecule has 1 amide bonds. The lowest BCUT2D eigenvalue weighted by atomic mass is 10.1. The highest BCUT2D eigenvalue weighted by atomic mass is 16.5. The Labute approximate surface area is 117 Å². The minimum atomic E-state index is -0.389. The van der Waals surface area contributed by atoms with Gasteiger partial charge < -0.3 is 14.6 Å². The maximum Gasteiger partial charge on any atom is 0.406 e. The summed E-state index contributed by atoms with van der Waals surface area (Å²) in [4.78, 5) is 15.7. The van der Waals surface area contributed by atoms with Crippen molar-refractivity contribution in [1.82, 2.24) is 14.9 Å². The Morgan fingerprint density at radius 2 is 2.30 bits per heavy atom. The van der Waals surface area contributed by atoms with Gasteiger partial charge in [-0.15, -0.1) is 0 Å². The molecule has 106 valence electrons. The number of nitrogens with one attached hydrogen (secondary N) is 1. The van der Waals surface area contributed by atoms with Crippen LogP contribution in [0.4, 0.5) is 4.79 Å². The average molecular weight is 273 g/mol. The van der Waals surface area contributed by atoms with Gasteiger partial charge in [0.25, 0.3) is 0 Å². The molecule has 1 heterocycles. The van der Waals surface area contributed by atoms with Crippen molar-refractivity contribution in [3.63, 3.8) is 0 Å². The van der Waals surface area contributed by atoms with E-state index in [2.05, 4.69) is 39.9 Å². The van der Waals surface area contributed by atoms with Crippen molar-refractivity contribution in [2.45, 2.75) is 25.2 Å². The van der Waals surface area contributed by atoms with Gasteiger partial charge in [-0.25, -0.2) is 9.78 Å². The fraction of sp³-hybridized carbons (Fsp3) is 0.467. The first kappa shape index (κ1) is 13.0. The number of carbonyl (C=O) groups excluding carboxylic acids is 1. The number of carbonyl (C=O) groups is 1. The number of fused-ring (bicyclic) bond motifs is 1. The zero-order valence-corrected chi connectivity index (χ0v) is 11.8. The summed E-state index contributed by atoms with van der Waals surface area (Å²) < 4.78 is 6.74. The van der Waals surface area contributed by atoms with E-state index in [1.54, 1.807) is 0 Å². The van der Waals surface area contributed by atoms with Crippen LogP contribution in [0, 0.1) is 0 Å². The maximum atomic E-state index is 11.0. The number of ether oxygens (including phenoxy) is 1. The highest BCUT2D eigenvalue weighted by Crippen LogP contribution is 2.40. The normalized spacial score (nSPS) is 14.5. The van der Waals surface area contributed by atoms with Crippen LogP contribution in [0.2, 0.25) is 0 Å². The van der Waals surface area contributed by atoms with E-state index in [0.717, 1.165) is 11.9 Å². The van der Waals surface area contributed by atoms with E-state index < -0.39 is 0 Å². The van der Waals surface area contributed by atoms with Crippen molar-refractivity contribution < 1.29 is 9.53 Å². The monoisotopic (exact) mass is 273 g/mol. The molecule has 1 N–H and O–H groups in total. The number of aryl methyl sites for hydroxylation is 1. The molecule has 0 spiro atoms. The van der Waals surface area contributed by atoms with Crippen molar-refractivity contribution in [3.8, 4) is 0 Å². The van der Waals surface area contributed by atoms with Crippen molar-refractivity contribution in [1.29, 1.82) is 0 Å². The highest BCUT2D eigenvalue weighted by Gasteiger charge is 2.28. The molecule has 1 aliphatic rings. The van der Waals surface area contributed by atoms with Gasteiger partial charge in [0.15, 0.2) is 0 Å². The minimum Gasteiger partial charge on any atom is -0.453 e. The van der Waals surface area contributed by atoms with Gasteiger partial charge in [-0.05, 0) is 37.0 Å². The third kappa shape index (κ3) is 2.48. The largest absolute Gasteiger partial charge is 0.453 e. The minimum absolute atomic E-state index is 0.389. The standard InChI is InChI=1S/C15H19N3O2/c1-18-13-6-3-10(7-8-16-15(19)20-2)9-12(13)17-14(18)11-4-5-11/h3,6,9,11H,4-5,7-8H2,1-2H3,(H,16,19). The first-order valence-corrected chi connectivity index (χ1v) is 6.96. The van der Waals surface area contributed by atoms with Crippen molar-refractivity contribution in [2.24, 2.45) is 7.05 Å². The Hall–Kier alpha value is -2.04. The number of aromatic nitrogens is 2. The summed E-state index contributed by atoms with van der Waals surface area (Å²) in [5.74, 6) is 1.85. The maximum absolute atomic E-state index is 11.0. The zero-order chi connectivity index (χ0) is 14.1. The van der Waals surface area contributed by atoms with Gasteiger partial charge in [0.05, 0.1) is 18.1 Å². The predicted octanol–water partition coefficient (Wildman–Crippen LogP) is 2.35. The van der Waals surface area contributed by atoms with Crippen LogP contribution in [0.5, 0.6) is 0 Å². The molecule has 0 atom stereocenters. The number of hydrogen-bond donors (Lipinski definition) is 1. The Morgan fingerprint density at radius 1 is 1.50 bits per heavy atom. The van der Waals surface area contributed by atoms with Crippen LogP contribution in [0.25, 0.3) is 11.0 Å². The van der Waals surface area contributed by atoms with Gasteiger partial charge >= 0.3 is 6.09 Å². The highest BCUT2D eigenvalue weighted by molar-refractivity contribution is 5.77. The first-order chi connectivity index (χ1) is 9.69. The molecule has 1 fully saturated rings. The molecule has 20 heavy (non-hydrogen) atoms. The smallest absolute Gasteiger partial charge is 0.406 e. The first-order valence-electron chi connectivity index (χ1n) is 6.96. The number of imidazole rings is 1. The van der Waals surface area contributed by atoms with Gasteiger partial charge in [0.2, 0.25) is 0 Å². The second-order valence-electron chi connectivity index (χ2n) is 5.29. The third-order valence-electron chi connectivity index (χ3n) is 3.79. The molecule has 1 aliphatic carbocycles. The molecule has 3 rings (SSSR count). The Kier molecular flexibility index (Phi) is 3.34. The summed E-state index contributed by atoms with van der Waals surface area (Å²) in [6.45, 7) is 0.570. The van der Waals surface area contributed by atoms with E-state index in [4.69, 9.17) is 4.98 Å². The van der Waals surface area contributed by atoms with Crippen molar-refractivity contribution in [2.75, 3.05) is 13.7 Å². The topological polar surface area (TPSA) is 56.1 Å². The van der Waals surface area contributed by atoms with E-state index in [1.165, 1.54) is 36.9 Å². The SMILES string of the molecule is COC(=O)NCCc1ccc2c(c1)nc(C1CC1)n2C. The van der Waals surface area contributed by atoms with E-state index in [1.807, 2.05) is 0 Å². The summed E-state index contributed by atoms with van der Waals surface area (Å²) >= 11 is 0. The third-order valence-corrected chi connectivity index (χ3v) is 3.79. The second kappa shape index (κ2) is 5.15. The Balaban J connectivity index is 1.75. The summed E-state index contributed by atoms with van der Waals surface area (Å²) in [7, 11) is 3.45. The molecule has 2 aromatic rings.